The first-order valence-corrected chi connectivity index (χ1v) is 8.18. The third-order valence-corrected chi connectivity index (χ3v) is 3.85. The second kappa shape index (κ2) is 8.01. The Hall–Kier alpha value is -0.580. The lowest BCUT2D eigenvalue weighted by Crippen LogP contribution is -2.27. The van der Waals surface area contributed by atoms with Gasteiger partial charge in [0.25, 0.3) is 0 Å². The summed E-state index contributed by atoms with van der Waals surface area (Å²) in [5, 5.41) is 3.48. The third kappa shape index (κ3) is 5.08. The van der Waals surface area contributed by atoms with Crippen molar-refractivity contribution in [1.82, 2.24) is 5.32 Å². The van der Waals surface area contributed by atoms with Crippen LogP contribution in [0.3, 0.4) is 0 Å². The molecule has 4 heteroatoms. The highest BCUT2D eigenvalue weighted by atomic mass is 79.9. The maximum Gasteiger partial charge on any atom is 0.124 e. The van der Waals surface area contributed by atoms with Gasteiger partial charge in [0, 0.05) is 29.4 Å². The van der Waals surface area contributed by atoms with E-state index < -0.39 is 0 Å². The predicted molar refractivity (Wildman–Crippen MR) is 85.2 cm³/mol. The Bertz CT molecular complexity index is 417. The summed E-state index contributed by atoms with van der Waals surface area (Å²) in [6.45, 7) is 7.91. The van der Waals surface area contributed by atoms with E-state index in [0.29, 0.717) is 5.92 Å². The summed E-state index contributed by atoms with van der Waals surface area (Å²) in [6, 6.07) is 6.24. The van der Waals surface area contributed by atoms with Gasteiger partial charge in [-0.25, -0.2) is 0 Å². The quantitative estimate of drug-likeness (QED) is 0.854. The molecule has 0 spiro atoms. The largest absolute Gasteiger partial charge is 0.490 e. The van der Waals surface area contributed by atoms with Crippen molar-refractivity contribution in [2.45, 2.75) is 39.3 Å². The average molecular weight is 342 g/mol. The van der Waals surface area contributed by atoms with Crippen LogP contribution in [-0.4, -0.2) is 25.9 Å². The third-order valence-electron chi connectivity index (χ3n) is 3.35. The normalized spacial score (nSPS) is 16.6. The van der Waals surface area contributed by atoms with Gasteiger partial charge in [0.05, 0.1) is 13.2 Å². The van der Waals surface area contributed by atoms with Crippen LogP contribution in [0.1, 0.15) is 32.3 Å². The Morgan fingerprint density at radius 3 is 2.80 bits per heavy atom. The number of rotatable bonds is 6. The van der Waals surface area contributed by atoms with Crippen LogP contribution in [-0.2, 0) is 11.3 Å². The first-order chi connectivity index (χ1) is 9.65. The Morgan fingerprint density at radius 2 is 2.10 bits per heavy atom. The predicted octanol–water partition coefficient (Wildman–Crippen LogP) is 3.75. The van der Waals surface area contributed by atoms with Gasteiger partial charge < -0.3 is 14.8 Å². The van der Waals surface area contributed by atoms with E-state index >= 15 is 0 Å². The molecule has 0 bridgehead atoms. The first kappa shape index (κ1) is 15.8. The second-order valence-corrected chi connectivity index (χ2v) is 6.62. The van der Waals surface area contributed by atoms with Crippen LogP contribution in [0.2, 0.25) is 0 Å². The highest BCUT2D eigenvalue weighted by molar-refractivity contribution is 9.10. The molecule has 20 heavy (non-hydrogen) atoms. The summed E-state index contributed by atoms with van der Waals surface area (Å²) >= 11 is 3.54. The number of hydrogen-bond acceptors (Lipinski definition) is 3. The molecule has 1 aliphatic rings. The molecule has 1 aromatic rings. The average Bonchev–Trinajstić information content (AvgIpc) is 2.42. The minimum absolute atomic E-state index is 0.286. The number of nitrogens with one attached hydrogen (secondary N) is 1. The van der Waals surface area contributed by atoms with Gasteiger partial charge in [-0.05, 0) is 30.7 Å². The molecule has 0 amide bonds. The van der Waals surface area contributed by atoms with Crippen LogP contribution < -0.4 is 10.1 Å². The minimum Gasteiger partial charge on any atom is -0.490 e. The van der Waals surface area contributed by atoms with Gasteiger partial charge in [0.1, 0.15) is 11.9 Å². The molecule has 1 aliphatic heterocycles. The number of ether oxygens (including phenoxy) is 2. The molecule has 1 fully saturated rings. The number of halogens is 1. The van der Waals surface area contributed by atoms with Crippen molar-refractivity contribution in [2.24, 2.45) is 5.92 Å². The van der Waals surface area contributed by atoms with Crippen LogP contribution in [0.25, 0.3) is 0 Å². The van der Waals surface area contributed by atoms with E-state index in [2.05, 4.69) is 47.2 Å². The van der Waals surface area contributed by atoms with Crippen molar-refractivity contribution in [1.29, 1.82) is 0 Å². The highest BCUT2D eigenvalue weighted by Crippen LogP contribution is 2.26. The Kier molecular flexibility index (Phi) is 6.33. The summed E-state index contributed by atoms with van der Waals surface area (Å²) in [4.78, 5) is 0. The highest BCUT2D eigenvalue weighted by Gasteiger charge is 2.17. The summed E-state index contributed by atoms with van der Waals surface area (Å²) in [7, 11) is 0. The van der Waals surface area contributed by atoms with Gasteiger partial charge in [0.15, 0.2) is 0 Å². The molecule has 1 saturated heterocycles. The lowest BCUT2D eigenvalue weighted by Gasteiger charge is -2.24. The monoisotopic (exact) mass is 341 g/mol. The van der Waals surface area contributed by atoms with E-state index in [9.17, 15) is 0 Å². The lowest BCUT2D eigenvalue weighted by molar-refractivity contribution is 0.0251. The molecule has 3 nitrogen and oxygen atoms in total. The molecule has 0 aromatic heterocycles. The smallest absolute Gasteiger partial charge is 0.124 e. The van der Waals surface area contributed by atoms with Gasteiger partial charge in [-0.3, -0.25) is 0 Å². The molecule has 2 rings (SSSR count). The van der Waals surface area contributed by atoms with E-state index in [-0.39, 0.29) is 6.10 Å². The zero-order chi connectivity index (χ0) is 14.4. The van der Waals surface area contributed by atoms with Crippen LogP contribution in [0.4, 0.5) is 0 Å². The molecule has 0 unspecified atom stereocenters. The molecular formula is C16H24BrNO2. The zero-order valence-electron chi connectivity index (χ0n) is 12.3. The van der Waals surface area contributed by atoms with E-state index in [1.54, 1.807) is 0 Å². The summed E-state index contributed by atoms with van der Waals surface area (Å²) in [5.74, 6) is 1.65. The zero-order valence-corrected chi connectivity index (χ0v) is 13.9. The fourth-order valence-electron chi connectivity index (χ4n) is 2.27. The molecule has 0 aliphatic carbocycles. The Balaban J connectivity index is 1.98. The summed E-state index contributed by atoms with van der Waals surface area (Å²) in [6.07, 6.45) is 2.25. The van der Waals surface area contributed by atoms with Crippen LogP contribution >= 0.6 is 15.9 Å². The topological polar surface area (TPSA) is 30.5 Å². The summed E-state index contributed by atoms with van der Waals surface area (Å²) in [5.41, 5.74) is 1.21. The molecular weight excluding hydrogens is 318 g/mol. The Morgan fingerprint density at radius 1 is 1.35 bits per heavy atom. The SMILES string of the molecule is CC(C)CNCc1cc(Br)ccc1OC1CCOCC1. The second-order valence-electron chi connectivity index (χ2n) is 5.71. The van der Waals surface area contributed by atoms with E-state index in [1.807, 2.05) is 6.07 Å². The molecule has 0 atom stereocenters. The Labute approximate surface area is 130 Å². The number of hydrogen-bond donors (Lipinski definition) is 1. The lowest BCUT2D eigenvalue weighted by atomic mass is 10.1. The maximum absolute atomic E-state index is 6.16. The van der Waals surface area contributed by atoms with Gasteiger partial charge in [-0.1, -0.05) is 29.8 Å². The first-order valence-electron chi connectivity index (χ1n) is 7.38. The molecule has 0 saturated carbocycles. The fourth-order valence-corrected chi connectivity index (χ4v) is 2.68. The van der Waals surface area contributed by atoms with E-state index in [1.165, 1.54) is 5.56 Å². The van der Waals surface area contributed by atoms with Crippen LogP contribution in [0, 0.1) is 5.92 Å². The van der Waals surface area contributed by atoms with Crippen molar-refractivity contribution in [3.05, 3.63) is 28.2 Å². The van der Waals surface area contributed by atoms with Gasteiger partial charge >= 0.3 is 0 Å². The fraction of sp³-hybridized carbons (Fsp3) is 0.625. The molecule has 1 N–H and O–H groups in total. The minimum atomic E-state index is 0.286. The van der Waals surface area contributed by atoms with Crippen molar-refractivity contribution >= 4 is 15.9 Å². The van der Waals surface area contributed by atoms with Crippen molar-refractivity contribution in [2.75, 3.05) is 19.8 Å². The van der Waals surface area contributed by atoms with Crippen molar-refractivity contribution in [3.63, 3.8) is 0 Å². The molecule has 112 valence electrons. The maximum atomic E-state index is 6.16. The van der Waals surface area contributed by atoms with Crippen molar-refractivity contribution < 1.29 is 9.47 Å². The van der Waals surface area contributed by atoms with Crippen LogP contribution in [0.15, 0.2) is 22.7 Å². The van der Waals surface area contributed by atoms with Crippen LogP contribution in [0.5, 0.6) is 5.75 Å². The van der Waals surface area contributed by atoms with Crippen molar-refractivity contribution in [3.8, 4) is 5.75 Å². The van der Waals surface area contributed by atoms with Gasteiger partial charge in [-0.2, -0.15) is 0 Å². The standard InChI is InChI=1S/C16H24BrNO2/c1-12(2)10-18-11-13-9-14(17)3-4-16(13)20-15-5-7-19-8-6-15/h3-4,9,12,15,18H,5-8,10-11H2,1-2H3. The summed E-state index contributed by atoms with van der Waals surface area (Å²) < 4.78 is 12.6. The molecule has 0 radical (unpaired) electrons. The molecule has 1 heterocycles. The molecule has 1 aromatic carbocycles. The van der Waals surface area contributed by atoms with E-state index in [0.717, 1.165) is 49.4 Å². The number of benzene rings is 1. The van der Waals surface area contributed by atoms with E-state index in [4.69, 9.17) is 9.47 Å². The van der Waals surface area contributed by atoms with Gasteiger partial charge in [0.2, 0.25) is 0 Å². The van der Waals surface area contributed by atoms with Gasteiger partial charge in [-0.15, -0.1) is 0 Å².